The number of furan rings is 1. The SMILES string of the molecule is CCn1c(SCC(=O)Nc2nc(-c3ccc(Cl)c(Cl)c3)cs2)nnc1-c1ccco1. The van der Waals surface area contributed by atoms with Gasteiger partial charge in [0.15, 0.2) is 21.9 Å². The smallest absolute Gasteiger partial charge is 0.236 e. The van der Waals surface area contributed by atoms with Crippen molar-refractivity contribution in [3.63, 3.8) is 0 Å². The molecule has 0 atom stereocenters. The normalized spacial score (nSPS) is 11.0. The average Bonchev–Trinajstić information content (AvgIpc) is 3.48. The summed E-state index contributed by atoms with van der Waals surface area (Å²) in [6.07, 6.45) is 1.59. The molecular formula is C19H15Cl2N5O2S2. The van der Waals surface area contributed by atoms with Crippen molar-refractivity contribution in [1.82, 2.24) is 19.7 Å². The molecule has 0 fully saturated rings. The molecule has 0 radical (unpaired) electrons. The van der Waals surface area contributed by atoms with E-state index in [0.717, 1.165) is 11.3 Å². The minimum absolute atomic E-state index is 0.179. The molecule has 1 aromatic carbocycles. The van der Waals surface area contributed by atoms with Crippen LogP contribution in [0.15, 0.2) is 51.5 Å². The lowest BCUT2D eigenvalue weighted by molar-refractivity contribution is -0.113. The zero-order chi connectivity index (χ0) is 21.1. The molecule has 0 bridgehead atoms. The van der Waals surface area contributed by atoms with Gasteiger partial charge in [0, 0.05) is 17.5 Å². The standard InChI is InChI=1S/C19H15Cl2N5O2S2/c1-2-26-17(15-4-3-7-28-15)24-25-19(26)30-10-16(27)23-18-22-14(9-29-18)11-5-6-12(20)13(21)8-11/h3-9H,2,10H2,1H3,(H,22,23,27). The zero-order valence-electron chi connectivity index (χ0n) is 15.6. The summed E-state index contributed by atoms with van der Waals surface area (Å²) in [5, 5.41) is 15.1. The van der Waals surface area contributed by atoms with Crippen molar-refractivity contribution in [3.05, 3.63) is 52.0 Å². The lowest BCUT2D eigenvalue weighted by Gasteiger charge is -2.05. The Bertz CT molecular complexity index is 1170. The van der Waals surface area contributed by atoms with E-state index in [1.807, 2.05) is 29.0 Å². The van der Waals surface area contributed by atoms with Crippen LogP contribution in [-0.4, -0.2) is 31.4 Å². The van der Waals surface area contributed by atoms with Crippen LogP contribution in [-0.2, 0) is 11.3 Å². The average molecular weight is 480 g/mol. The predicted octanol–water partition coefficient (Wildman–Crippen LogP) is 5.72. The Morgan fingerprint density at radius 1 is 1.27 bits per heavy atom. The van der Waals surface area contributed by atoms with Crippen LogP contribution in [0.2, 0.25) is 10.0 Å². The number of hydrogen-bond acceptors (Lipinski definition) is 7. The summed E-state index contributed by atoms with van der Waals surface area (Å²) < 4.78 is 7.30. The Kier molecular flexibility index (Phi) is 6.43. The molecule has 30 heavy (non-hydrogen) atoms. The van der Waals surface area contributed by atoms with Crippen LogP contribution in [0.1, 0.15) is 6.92 Å². The van der Waals surface area contributed by atoms with Gasteiger partial charge in [-0.25, -0.2) is 4.98 Å². The first-order valence-corrected chi connectivity index (χ1v) is 11.5. The summed E-state index contributed by atoms with van der Waals surface area (Å²) in [6, 6.07) is 8.91. The molecule has 7 nitrogen and oxygen atoms in total. The molecule has 0 unspecified atom stereocenters. The van der Waals surface area contributed by atoms with E-state index >= 15 is 0 Å². The van der Waals surface area contributed by atoms with Gasteiger partial charge in [0.05, 0.1) is 27.8 Å². The Morgan fingerprint density at radius 3 is 2.87 bits per heavy atom. The number of anilines is 1. The number of benzene rings is 1. The van der Waals surface area contributed by atoms with Crippen LogP contribution >= 0.6 is 46.3 Å². The van der Waals surface area contributed by atoms with Gasteiger partial charge in [0.25, 0.3) is 0 Å². The number of halogens is 2. The van der Waals surface area contributed by atoms with Gasteiger partial charge >= 0.3 is 0 Å². The van der Waals surface area contributed by atoms with E-state index < -0.39 is 0 Å². The molecule has 0 aliphatic heterocycles. The number of thiazole rings is 1. The quantitative estimate of drug-likeness (QED) is 0.341. The summed E-state index contributed by atoms with van der Waals surface area (Å²) in [4.78, 5) is 16.8. The molecule has 4 aromatic rings. The molecule has 0 spiro atoms. The second kappa shape index (κ2) is 9.22. The van der Waals surface area contributed by atoms with Crippen LogP contribution in [0.5, 0.6) is 0 Å². The highest BCUT2D eigenvalue weighted by atomic mass is 35.5. The van der Waals surface area contributed by atoms with Crippen molar-refractivity contribution in [2.75, 3.05) is 11.1 Å². The Balaban J connectivity index is 1.39. The van der Waals surface area contributed by atoms with Crippen molar-refractivity contribution in [2.24, 2.45) is 0 Å². The van der Waals surface area contributed by atoms with Crippen molar-refractivity contribution < 1.29 is 9.21 Å². The summed E-state index contributed by atoms with van der Waals surface area (Å²) in [7, 11) is 0. The largest absolute Gasteiger partial charge is 0.461 e. The number of aromatic nitrogens is 4. The lowest BCUT2D eigenvalue weighted by atomic mass is 10.2. The fourth-order valence-corrected chi connectivity index (χ4v) is 4.51. The van der Waals surface area contributed by atoms with Gasteiger partial charge in [0.1, 0.15) is 0 Å². The fourth-order valence-electron chi connectivity index (χ4n) is 2.67. The fraction of sp³-hybridized carbons (Fsp3) is 0.158. The van der Waals surface area contributed by atoms with Gasteiger partial charge in [-0.15, -0.1) is 21.5 Å². The van der Waals surface area contributed by atoms with Gasteiger partial charge < -0.3 is 9.73 Å². The summed E-state index contributed by atoms with van der Waals surface area (Å²) in [5.41, 5.74) is 1.55. The Hall–Kier alpha value is -2.33. The summed E-state index contributed by atoms with van der Waals surface area (Å²) in [6.45, 7) is 2.65. The van der Waals surface area contributed by atoms with Crippen molar-refractivity contribution in [2.45, 2.75) is 18.6 Å². The van der Waals surface area contributed by atoms with Crippen LogP contribution in [0.3, 0.4) is 0 Å². The second-order valence-electron chi connectivity index (χ2n) is 6.03. The molecule has 0 aliphatic rings. The maximum atomic E-state index is 12.4. The van der Waals surface area contributed by atoms with Gasteiger partial charge in [0.2, 0.25) is 5.91 Å². The third kappa shape index (κ3) is 4.54. The zero-order valence-corrected chi connectivity index (χ0v) is 18.8. The third-order valence-electron chi connectivity index (χ3n) is 4.07. The van der Waals surface area contributed by atoms with E-state index in [1.165, 1.54) is 23.1 Å². The molecule has 1 N–H and O–H groups in total. The Morgan fingerprint density at radius 2 is 2.13 bits per heavy atom. The van der Waals surface area contributed by atoms with E-state index in [4.69, 9.17) is 27.6 Å². The molecule has 0 saturated carbocycles. The number of carbonyl (C=O) groups excluding carboxylic acids is 1. The number of hydrogen-bond donors (Lipinski definition) is 1. The maximum absolute atomic E-state index is 12.4. The number of rotatable bonds is 7. The van der Waals surface area contributed by atoms with E-state index in [9.17, 15) is 4.79 Å². The molecule has 4 rings (SSSR count). The van der Waals surface area contributed by atoms with Crippen molar-refractivity contribution >= 4 is 57.3 Å². The first-order chi connectivity index (χ1) is 14.5. The van der Waals surface area contributed by atoms with E-state index in [-0.39, 0.29) is 11.7 Å². The number of carbonyl (C=O) groups is 1. The molecule has 3 heterocycles. The number of thioether (sulfide) groups is 1. The van der Waals surface area contributed by atoms with E-state index in [1.54, 1.807) is 24.5 Å². The molecule has 1 amide bonds. The first kappa shape index (κ1) is 20.9. The van der Waals surface area contributed by atoms with Gasteiger partial charge in [-0.2, -0.15) is 0 Å². The number of nitrogens with one attached hydrogen (secondary N) is 1. The van der Waals surface area contributed by atoms with Gasteiger partial charge in [-0.1, -0.05) is 41.0 Å². The highest BCUT2D eigenvalue weighted by Gasteiger charge is 2.17. The molecular weight excluding hydrogens is 465 g/mol. The van der Waals surface area contributed by atoms with Gasteiger partial charge in [-0.3, -0.25) is 9.36 Å². The highest BCUT2D eigenvalue weighted by molar-refractivity contribution is 7.99. The molecule has 154 valence electrons. The van der Waals surface area contributed by atoms with Crippen LogP contribution in [0.25, 0.3) is 22.8 Å². The summed E-state index contributed by atoms with van der Waals surface area (Å²) in [5.74, 6) is 1.27. The maximum Gasteiger partial charge on any atom is 0.236 e. The van der Waals surface area contributed by atoms with Crippen LogP contribution < -0.4 is 5.32 Å². The van der Waals surface area contributed by atoms with Crippen LogP contribution in [0, 0.1) is 0 Å². The molecule has 0 saturated heterocycles. The van der Waals surface area contributed by atoms with Crippen molar-refractivity contribution in [3.8, 4) is 22.8 Å². The van der Waals surface area contributed by atoms with E-state index in [2.05, 4.69) is 20.5 Å². The first-order valence-electron chi connectivity index (χ1n) is 8.86. The minimum Gasteiger partial charge on any atom is -0.461 e. The van der Waals surface area contributed by atoms with E-state index in [0.29, 0.717) is 38.5 Å². The summed E-state index contributed by atoms with van der Waals surface area (Å²) >= 11 is 14.7. The van der Waals surface area contributed by atoms with Gasteiger partial charge in [-0.05, 0) is 31.2 Å². The van der Waals surface area contributed by atoms with Crippen LogP contribution in [0.4, 0.5) is 5.13 Å². The molecule has 11 heteroatoms. The topological polar surface area (TPSA) is 85.8 Å². The predicted molar refractivity (Wildman–Crippen MR) is 120 cm³/mol. The minimum atomic E-state index is -0.180. The highest BCUT2D eigenvalue weighted by Crippen LogP contribution is 2.31. The third-order valence-corrected chi connectivity index (χ3v) is 6.54. The van der Waals surface area contributed by atoms with Crippen molar-refractivity contribution in [1.29, 1.82) is 0 Å². The lowest BCUT2D eigenvalue weighted by Crippen LogP contribution is -2.14. The number of nitrogens with zero attached hydrogens (tertiary/aromatic N) is 4. The Labute approximate surface area is 190 Å². The molecule has 3 aromatic heterocycles. The number of amides is 1. The monoisotopic (exact) mass is 479 g/mol. The second-order valence-corrected chi connectivity index (χ2v) is 8.65. The molecule has 0 aliphatic carbocycles.